The van der Waals surface area contributed by atoms with E-state index in [-0.39, 0.29) is 6.54 Å². The molecule has 4 amide bonds. The Kier molecular flexibility index (Phi) is 7.93. The second kappa shape index (κ2) is 10.4. The first kappa shape index (κ1) is 22.9. The molecule has 1 aromatic rings. The van der Waals surface area contributed by atoms with Crippen molar-refractivity contribution in [1.82, 2.24) is 10.2 Å². The second-order valence-electron chi connectivity index (χ2n) is 6.26. The Morgan fingerprint density at radius 3 is 2.23 bits per heavy atom. The Hall–Kier alpha value is -3.40. The number of carbonyl (C=O) groups excluding carboxylic acids is 4. The van der Waals surface area contributed by atoms with Crippen LogP contribution in [0.5, 0.6) is 17.2 Å². The fraction of sp³-hybridized carbons (Fsp3) is 0.400. The van der Waals surface area contributed by atoms with Gasteiger partial charge in [0.15, 0.2) is 23.2 Å². The van der Waals surface area contributed by atoms with Crippen molar-refractivity contribution in [2.75, 3.05) is 41.6 Å². The molecule has 1 heterocycles. The number of urea groups is 1. The minimum Gasteiger partial charge on any atom is -0.493 e. The predicted molar refractivity (Wildman–Crippen MR) is 105 cm³/mol. The van der Waals surface area contributed by atoms with Crippen LogP contribution in [-0.4, -0.2) is 70.1 Å². The molecular formula is C20H24N2O8. The maximum atomic E-state index is 12.6. The Morgan fingerprint density at radius 2 is 1.70 bits per heavy atom. The number of allylic oxidation sites excluding steroid dienone is 1. The van der Waals surface area contributed by atoms with Crippen LogP contribution in [0.1, 0.15) is 12.0 Å². The number of imide groups is 2. The van der Waals surface area contributed by atoms with E-state index in [1.54, 1.807) is 12.1 Å². The van der Waals surface area contributed by atoms with Crippen LogP contribution >= 0.6 is 0 Å². The average molecular weight is 420 g/mol. The molecule has 10 nitrogen and oxygen atoms in total. The lowest BCUT2D eigenvalue weighted by Crippen LogP contribution is -2.59. The number of ether oxygens (including phenoxy) is 4. The van der Waals surface area contributed by atoms with Gasteiger partial charge in [-0.3, -0.25) is 24.6 Å². The van der Waals surface area contributed by atoms with Crippen LogP contribution in [0.25, 0.3) is 6.08 Å². The molecule has 0 spiro atoms. The Bertz CT molecular complexity index is 839. The third kappa shape index (κ3) is 4.95. The van der Waals surface area contributed by atoms with Crippen LogP contribution in [0.2, 0.25) is 0 Å². The molecule has 1 N–H and O–H groups in total. The molecule has 1 atom stereocenters. The molecule has 0 aromatic heterocycles. The average Bonchev–Trinajstić information content (AvgIpc) is 2.73. The van der Waals surface area contributed by atoms with Gasteiger partial charge in [-0.25, -0.2) is 4.79 Å². The molecule has 0 radical (unpaired) electrons. The van der Waals surface area contributed by atoms with Crippen LogP contribution in [-0.2, 0) is 19.1 Å². The monoisotopic (exact) mass is 420 g/mol. The Labute approximate surface area is 173 Å². The summed E-state index contributed by atoms with van der Waals surface area (Å²) in [6.45, 7) is 0.358. The van der Waals surface area contributed by atoms with Crippen LogP contribution in [0.15, 0.2) is 18.2 Å². The van der Waals surface area contributed by atoms with E-state index >= 15 is 0 Å². The second-order valence-corrected chi connectivity index (χ2v) is 6.26. The van der Waals surface area contributed by atoms with Gasteiger partial charge < -0.3 is 18.9 Å². The zero-order chi connectivity index (χ0) is 22.3. The number of nitrogens with one attached hydrogen (secondary N) is 1. The van der Waals surface area contributed by atoms with Crippen molar-refractivity contribution in [2.45, 2.75) is 6.42 Å². The van der Waals surface area contributed by atoms with Gasteiger partial charge >= 0.3 is 6.03 Å². The highest BCUT2D eigenvalue weighted by Crippen LogP contribution is 2.38. The van der Waals surface area contributed by atoms with Gasteiger partial charge in [-0.2, -0.15) is 0 Å². The predicted octanol–water partition coefficient (Wildman–Crippen LogP) is 1.03. The molecule has 1 fully saturated rings. The highest BCUT2D eigenvalue weighted by atomic mass is 16.5. The molecule has 0 aliphatic carbocycles. The first-order chi connectivity index (χ1) is 14.4. The number of benzene rings is 1. The molecular weight excluding hydrogens is 396 g/mol. The van der Waals surface area contributed by atoms with Gasteiger partial charge in [0.1, 0.15) is 0 Å². The van der Waals surface area contributed by atoms with Crippen molar-refractivity contribution in [3.8, 4) is 17.2 Å². The first-order valence-electron chi connectivity index (χ1n) is 9.05. The molecule has 10 heteroatoms. The van der Waals surface area contributed by atoms with Crippen molar-refractivity contribution in [1.29, 1.82) is 0 Å². The molecule has 0 saturated carbocycles. The van der Waals surface area contributed by atoms with Crippen molar-refractivity contribution < 1.29 is 38.1 Å². The van der Waals surface area contributed by atoms with Gasteiger partial charge in [0.25, 0.3) is 5.91 Å². The summed E-state index contributed by atoms with van der Waals surface area (Å²) in [6, 6.07) is 2.36. The molecule has 30 heavy (non-hydrogen) atoms. The molecule has 1 saturated heterocycles. The summed E-state index contributed by atoms with van der Waals surface area (Å²) in [6.07, 6.45) is 2.90. The zero-order valence-corrected chi connectivity index (χ0v) is 17.2. The maximum Gasteiger partial charge on any atom is 0.330 e. The van der Waals surface area contributed by atoms with Gasteiger partial charge in [-0.1, -0.05) is 6.08 Å². The van der Waals surface area contributed by atoms with Gasteiger partial charge in [-0.15, -0.1) is 0 Å². The van der Waals surface area contributed by atoms with Gasteiger partial charge in [0, 0.05) is 20.3 Å². The molecule has 2 rings (SSSR count). The van der Waals surface area contributed by atoms with Crippen molar-refractivity contribution in [2.24, 2.45) is 5.92 Å². The van der Waals surface area contributed by atoms with Crippen LogP contribution in [0.4, 0.5) is 4.79 Å². The SMILES string of the molecule is COCCCN1C(=O)NC(=O)[C@@H](C(=O)/C=C/c2cc(OC)c(OC)c(OC)c2)C1=O. The summed E-state index contributed by atoms with van der Waals surface area (Å²) in [5.74, 6) is -3.06. The van der Waals surface area contributed by atoms with E-state index in [0.29, 0.717) is 35.8 Å². The highest BCUT2D eigenvalue weighted by molar-refractivity contribution is 6.28. The number of amides is 4. The molecule has 1 aliphatic rings. The number of ketones is 1. The fourth-order valence-electron chi connectivity index (χ4n) is 2.91. The van der Waals surface area contributed by atoms with E-state index in [0.717, 1.165) is 11.0 Å². The highest BCUT2D eigenvalue weighted by Gasteiger charge is 2.43. The number of barbiturate groups is 1. The number of nitrogens with zero attached hydrogens (tertiary/aromatic N) is 1. The topological polar surface area (TPSA) is 120 Å². The van der Waals surface area contributed by atoms with E-state index in [1.165, 1.54) is 34.5 Å². The van der Waals surface area contributed by atoms with E-state index in [1.807, 2.05) is 5.32 Å². The lowest BCUT2D eigenvalue weighted by molar-refractivity contribution is -0.146. The summed E-state index contributed by atoms with van der Waals surface area (Å²) in [5, 5.41) is 2.04. The first-order valence-corrected chi connectivity index (χ1v) is 9.05. The molecule has 0 bridgehead atoms. The Balaban J connectivity index is 2.23. The van der Waals surface area contributed by atoms with Gasteiger partial charge in [0.05, 0.1) is 21.3 Å². The standard InChI is InChI=1S/C20H24N2O8/c1-27-9-5-8-22-19(25)16(18(24)21-20(22)26)13(23)7-6-12-10-14(28-2)17(30-4)15(11-12)29-3/h6-7,10-11,16H,5,8-9H2,1-4H3,(H,21,24,26)/b7-6+/t16-/m1/s1. The fourth-order valence-corrected chi connectivity index (χ4v) is 2.91. The zero-order valence-electron chi connectivity index (χ0n) is 17.2. The number of carbonyl (C=O) groups is 4. The largest absolute Gasteiger partial charge is 0.493 e. The maximum absolute atomic E-state index is 12.6. The van der Waals surface area contributed by atoms with Crippen LogP contribution < -0.4 is 19.5 Å². The summed E-state index contributed by atoms with van der Waals surface area (Å²) in [5.41, 5.74) is 0.523. The van der Waals surface area contributed by atoms with Gasteiger partial charge in [-0.05, 0) is 30.2 Å². The lowest BCUT2D eigenvalue weighted by Gasteiger charge is -2.28. The van der Waals surface area contributed by atoms with E-state index in [9.17, 15) is 19.2 Å². The van der Waals surface area contributed by atoms with Crippen LogP contribution in [0.3, 0.4) is 0 Å². The quantitative estimate of drug-likeness (QED) is 0.338. The number of hydrogen-bond donors (Lipinski definition) is 1. The third-order valence-electron chi connectivity index (χ3n) is 4.39. The van der Waals surface area contributed by atoms with Crippen LogP contribution in [0, 0.1) is 5.92 Å². The molecule has 0 unspecified atom stereocenters. The minimum absolute atomic E-state index is 0.0339. The van der Waals surface area contributed by atoms with Crippen molar-refractivity contribution in [3.05, 3.63) is 23.8 Å². The number of methoxy groups -OCH3 is 4. The Morgan fingerprint density at radius 1 is 1.07 bits per heavy atom. The lowest BCUT2D eigenvalue weighted by atomic mass is 9.98. The summed E-state index contributed by atoms with van der Waals surface area (Å²) in [7, 11) is 5.86. The summed E-state index contributed by atoms with van der Waals surface area (Å²) < 4.78 is 20.6. The minimum atomic E-state index is -1.64. The van der Waals surface area contributed by atoms with E-state index in [2.05, 4.69) is 0 Å². The molecule has 1 aliphatic heterocycles. The van der Waals surface area contributed by atoms with Crippen molar-refractivity contribution >= 4 is 29.7 Å². The van der Waals surface area contributed by atoms with E-state index < -0.39 is 29.5 Å². The molecule has 162 valence electrons. The normalized spacial score (nSPS) is 16.6. The molecule has 1 aromatic carbocycles. The summed E-state index contributed by atoms with van der Waals surface area (Å²) in [4.78, 5) is 50.0. The number of rotatable bonds is 10. The van der Waals surface area contributed by atoms with E-state index in [4.69, 9.17) is 18.9 Å². The summed E-state index contributed by atoms with van der Waals surface area (Å²) >= 11 is 0. The van der Waals surface area contributed by atoms with Crippen molar-refractivity contribution in [3.63, 3.8) is 0 Å². The number of hydrogen-bond acceptors (Lipinski definition) is 8. The van der Waals surface area contributed by atoms with Gasteiger partial charge in [0.2, 0.25) is 11.7 Å². The third-order valence-corrected chi connectivity index (χ3v) is 4.39. The smallest absolute Gasteiger partial charge is 0.330 e.